The molecule has 0 aliphatic rings. The van der Waals surface area contributed by atoms with Crippen molar-refractivity contribution in [3.63, 3.8) is 0 Å². The smallest absolute Gasteiger partial charge is 0.120 e. The Morgan fingerprint density at radius 3 is 2.73 bits per heavy atom. The first-order valence-electron chi connectivity index (χ1n) is 3.97. The number of aliphatic hydroxyl groups is 1. The van der Waals surface area contributed by atoms with Crippen molar-refractivity contribution in [3.8, 4) is 0 Å². The average Bonchev–Trinajstić information content (AvgIpc) is 2.05. The molecule has 0 rings (SSSR count). The van der Waals surface area contributed by atoms with Gasteiger partial charge in [-0.2, -0.15) is 0 Å². The van der Waals surface area contributed by atoms with Gasteiger partial charge >= 0.3 is 0 Å². The lowest BCUT2D eigenvalue weighted by Gasteiger charge is -2.16. The zero-order chi connectivity index (χ0) is 8.53. The molecule has 0 fully saturated rings. The van der Waals surface area contributed by atoms with E-state index in [9.17, 15) is 0 Å². The monoisotopic (exact) mass is 162 g/mol. The number of hydrogen-bond acceptors (Lipinski definition) is 4. The number of hydrogen-bond donors (Lipinski definition) is 3. The van der Waals surface area contributed by atoms with Crippen LogP contribution < -0.4 is 10.9 Å². The molecule has 0 heterocycles. The third-order valence-corrected chi connectivity index (χ3v) is 1.35. The molecule has 0 aliphatic carbocycles. The number of nitrogens with one attached hydrogen (secondary N) is 2. The summed E-state index contributed by atoms with van der Waals surface area (Å²) in [5.41, 5.74) is 5.92. The third kappa shape index (κ3) is 6.25. The molecule has 0 aromatic rings. The van der Waals surface area contributed by atoms with E-state index in [-0.39, 0.29) is 12.8 Å². The molecule has 1 unspecified atom stereocenters. The van der Waals surface area contributed by atoms with Crippen molar-refractivity contribution in [1.82, 2.24) is 10.9 Å². The Morgan fingerprint density at radius 1 is 1.55 bits per heavy atom. The predicted octanol–water partition coefficient (Wildman–Crippen LogP) is -0.155. The summed E-state index contributed by atoms with van der Waals surface area (Å²) in [6, 6.07) is 0. The maximum Gasteiger partial charge on any atom is 0.120 e. The molecule has 0 bridgehead atoms. The summed E-state index contributed by atoms with van der Waals surface area (Å²) < 4.78 is 5.07. The molecular formula is C7H18N2O2. The third-order valence-electron chi connectivity index (χ3n) is 1.35. The van der Waals surface area contributed by atoms with Crippen LogP contribution in [-0.2, 0) is 4.74 Å². The number of methoxy groups -OCH3 is 1. The molecular weight excluding hydrogens is 144 g/mol. The van der Waals surface area contributed by atoms with Crippen LogP contribution in [0.1, 0.15) is 19.8 Å². The van der Waals surface area contributed by atoms with Crippen molar-refractivity contribution in [2.45, 2.75) is 26.0 Å². The Labute approximate surface area is 67.9 Å². The van der Waals surface area contributed by atoms with Crippen LogP contribution in [0.4, 0.5) is 0 Å². The lowest BCUT2D eigenvalue weighted by atomic mass is 10.3. The van der Waals surface area contributed by atoms with Crippen LogP contribution in [0.25, 0.3) is 0 Å². The van der Waals surface area contributed by atoms with Crippen LogP contribution in [0.15, 0.2) is 0 Å². The van der Waals surface area contributed by atoms with Gasteiger partial charge in [-0.05, 0) is 12.8 Å². The largest absolute Gasteiger partial charge is 0.396 e. The molecule has 4 nitrogen and oxygen atoms in total. The Hall–Kier alpha value is -0.160. The molecule has 0 aliphatic heterocycles. The molecule has 4 heteroatoms. The Bertz CT molecular complexity index is 72.8. The van der Waals surface area contributed by atoms with Gasteiger partial charge in [0.25, 0.3) is 0 Å². The second kappa shape index (κ2) is 7.94. The summed E-state index contributed by atoms with van der Waals surface area (Å²) in [5.74, 6) is 0. The van der Waals surface area contributed by atoms with E-state index in [1.807, 2.05) is 6.92 Å². The highest BCUT2D eigenvalue weighted by Gasteiger charge is 2.03. The van der Waals surface area contributed by atoms with Crippen molar-refractivity contribution in [1.29, 1.82) is 0 Å². The van der Waals surface area contributed by atoms with Gasteiger partial charge in [-0.3, -0.25) is 5.43 Å². The minimum atomic E-state index is 0.00194. The van der Waals surface area contributed by atoms with Gasteiger partial charge in [0.05, 0.1) is 0 Å². The van der Waals surface area contributed by atoms with Gasteiger partial charge in [0.1, 0.15) is 6.23 Å². The van der Waals surface area contributed by atoms with Crippen LogP contribution in [0.2, 0.25) is 0 Å². The first-order valence-corrected chi connectivity index (χ1v) is 3.97. The number of aliphatic hydroxyl groups excluding tert-OH is 1. The fourth-order valence-electron chi connectivity index (χ4n) is 0.742. The molecule has 0 aromatic carbocycles. The van der Waals surface area contributed by atoms with Gasteiger partial charge in [-0.1, -0.05) is 6.92 Å². The van der Waals surface area contributed by atoms with E-state index >= 15 is 0 Å². The molecule has 11 heavy (non-hydrogen) atoms. The van der Waals surface area contributed by atoms with Crippen LogP contribution in [0.5, 0.6) is 0 Å². The molecule has 0 radical (unpaired) electrons. The minimum absolute atomic E-state index is 0.00194. The first-order chi connectivity index (χ1) is 5.35. The minimum Gasteiger partial charge on any atom is -0.396 e. The lowest BCUT2D eigenvalue weighted by Crippen LogP contribution is -2.41. The quantitative estimate of drug-likeness (QED) is 0.360. The van der Waals surface area contributed by atoms with Gasteiger partial charge in [0, 0.05) is 20.3 Å². The molecule has 0 saturated heterocycles. The normalized spacial score (nSPS) is 13.4. The highest BCUT2D eigenvalue weighted by Crippen LogP contribution is 1.95. The maximum atomic E-state index is 8.53. The summed E-state index contributed by atoms with van der Waals surface area (Å²) >= 11 is 0. The van der Waals surface area contributed by atoms with Crippen molar-refractivity contribution in [2.24, 2.45) is 0 Å². The van der Waals surface area contributed by atoms with Crippen LogP contribution in [0, 0.1) is 0 Å². The highest BCUT2D eigenvalue weighted by atomic mass is 16.5. The maximum absolute atomic E-state index is 8.53. The van der Waals surface area contributed by atoms with Crippen LogP contribution >= 0.6 is 0 Å². The van der Waals surface area contributed by atoms with Crippen molar-refractivity contribution >= 4 is 0 Å². The summed E-state index contributed by atoms with van der Waals surface area (Å²) in [6.45, 7) is 3.08. The first kappa shape index (κ1) is 10.8. The van der Waals surface area contributed by atoms with Gasteiger partial charge < -0.3 is 9.84 Å². The molecule has 1 atom stereocenters. The number of hydrazine groups is 1. The Morgan fingerprint density at radius 2 is 2.27 bits per heavy atom. The van der Waals surface area contributed by atoms with E-state index in [2.05, 4.69) is 10.9 Å². The fraction of sp³-hybridized carbons (Fsp3) is 1.00. The van der Waals surface area contributed by atoms with Crippen molar-refractivity contribution in [3.05, 3.63) is 0 Å². The highest BCUT2D eigenvalue weighted by molar-refractivity contribution is 4.50. The Balaban J connectivity index is 3.25. The molecule has 3 N–H and O–H groups in total. The van der Waals surface area contributed by atoms with E-state index < -0.39 is 0 Å². The second-order valence-corrected chi connectivity index (χ2v) is 2.26. The molecule has 0 aromatic heterocycles. The average molecular weight is 162 g/mol. The van der Waals surface area contributed by atoms with E-state index in [0.29, 0.717) is 0 Å². The van der Waals surface area contributed by atoms with Gasteiger partial charge in [0.2, 0.25) is 0 Å². The second-order valence-electron chi connectivity index (χ2n) is 2.26. The summed E-state index contributed by atoms with van der Waals surface area (Å²) in [6.07, 6.45) is 1.58. The number of rotatable bonds is 7. The van der Waals surface area contributed by atoms with Crippen molar-refractivity contribution < 1.29 is 9.84 Å². The van der Waals surface area contributed by atoms with E-state index in [4.69, 9.17) is 9.84 Å². The van der Waals surface area contributed by atoms with E-state index in [1.54, 1.807) is 7.11 Å². The zero-order valence-electron chi connectivity index (χ0n) is 7.26. The molecule has 0 saturated carbocycles. The van der Waals surface area contributed by atoms with E-state index in [1.165, 1.54) is 0 Å². The lowest BCUT2D eigenvalue weighted by molar-refractivity contribution is 0.0491. The van der Waals surface area contributed by atoms with E-state index in [0.717, 1.165) is 19.4 Å². The fourth-order valence-corrected chi connectivity index (χ4v) is 0.742. The predicted molar refractivity (Wildman–Crippen MR) is 43.9 cm³/mol. The SMILES string of the molecule is CCNNC(CCCO)OC. The van der Waals surface area contributed by atoms with Crippen LogP contribution in [0.3, 0.4) is 0 Å². The van der Waals surface area contributed by atoms with Crippen LogP contribution in [-0.4, -0.2) is 31.6 Å². The van der Waals surface area contributed by atoms with Gasteiger partial charge in [0.15, 0.2) is 0 Å². The zero-order valence-corrected chi connectivity index (χ0v) is 7.26. The molecule has 0 spiro atoms. The molecule has 68 valence electrons. The summed E-state index contributed by atoms with van der Waals surface area (Å²) in [7, 11) is 1.65. The summed E-state index contributed by atoms with van der Waals surface area (Å²) in [4.78, 5) is 0. The molecule has 0 amide bonds. The van der Waals surface area contributed by atoms with Crippen molar-refractivity contribution in [2.75, 3.05) is 20.3 Å². The number of ether oxygens (including phenoxy) is 1. The van der Waals surface area contributed by atoms with Gasteiger partial charge in [-0.25, -0.2) is 5.43 Å². The Kier molecular flexibility index (Phi) is 7.83. The topological polar surface area (TPSA) is 53.5 Å². The summed E-state index contributed by atoms with van der Waals surface area (Å²) in [5, 5.41) is 8.53. The van der Waals surface area contributed by atoms with Gasteiger partial charge in [-0.15, -0.1) is 0 Å². The standard InChI is InChI=1S/C7H18N2O2/c1-3-8-9-7(11-2)5-4-6-10/h7-10H,3-6H2,1-2H3.